The summed E-state index contributed by atoms with van der Waals surface area (Å²) in [5.41, 5.74) is 2.81. The Kier molecular flexibility index (Phi) is 7.84. The van der Waals surface area contributed by atoms with E-state index in [1.807, 2.05) is 30.3 Å². The van der Waals surface area contributed by atoms with Gasteiger partial charge in [-0.3, -0.25) is 4.79 Å². The van der Waals surface area contributed by atoms with E-state index < -0.39 is 19.8 Å². The van der Waals surface area contributed by atoms with Crippen molar-refractivity contribution in [3.8, 4) is 0 Å². The summed E-state index contributed by atoms with van der Waals surface area (Å²) in [5.74, 6) is 0.0575. The van der Waals surface area contributed by atoms with Gasteiger partial charge in [-0.25, -0.2) is 9.69 Å². The minimum absolute atomic E-state index is 0.0694. The highest BCUT2D eigenvalue weighted by Gasteiger charge is 2.55. The van der Waals surface area contributed by atoms with Gasteiger partial charge in [-0.1, -0.05) is 58.0 Å². The Labute approximate surface area is 217 Å². The smallest absolute Gasteiger partial charge is 0.416 e. The van der Waals surface area contributed by atoms with Crippen LogP contribution in [0.5, 0.6) is 0 Å². The molecule has 1 aromatic carbocycles. The molecule has 0 aromatic heterocycles. The van der Waals surface area contributed by atoms with Crippen LogP contribution in [0.2, 0.25) is 18.1 Å². The molecule has 1 fully saturated rings. The minimum Gasteiger partial charge on any atom is -0.444 e. The molecule has 0 N–H and O–H groups in total. The number of hydrogen-bond acceptors (Lipinski definition) is 5. The summed E-state index contributed by atoms with van der Waals surface area (Å²) in [5, 5.41) is 0.0769. The van der Waals surface area contributed by atoms with E-state index in [0.29, 0.717) is 26.4 Å². The minimum atomic E-state index is -2.03. The Morgan fingerprint density at radius 2 is 1.89 bits per heavy atom. The van der Waals surface area contributed by atoms with Crippen LogP contribution in [0.3, 0.4) is 0 Å². The summed E-state index contributed by atoms with van der Waals surface area (Å²) < 4.78 is 18.3. The summed E-state index contributed by atoms with van der Waals surface area (Å²) in [4.78, 5) is 29.1. The van der Waals surface area contributed by atoms with Gasteiger partial charge < -0.3 is 13.9 Å². The maximum Gasteiger partial charge on any atom is 0.416 e. The SMILES string of the molecule is C[C@@H]1CC[C@@]2(CCC3=C(COC3)[C@@H]2CO[Si](C)(C)C(C)(C)C)C(=O)N(C(=O)OCc2ccccc2)C1. The van der Waals surface area contributed by atoms with E-state index in [1.165, 1.54) is 16.0 Å². The van der Waals surface area contributed by atoms with Crippen molar-refractivity contribution in [2.24, 2.45) is 17.3 Å². The van der Waals surface area contributed by atoms with Crippen LogP contribution in [0.4, 0.5) is 4.79 Å². The Morgan fingerprint density at radius 1 is 1.17 bits per heavy atom. The molecule has 1 saturated heterocycles. The van der Waals surface area contributed by atoms with Gasteiger partial charge in [-0.15, -0.1) is 0 Å². The molecule has 4 rings (SSSR count). The number of amides is 2. The molecule has 0 bridgehead atoms. The first kappa shape index (κ1) is 27.1. The summed E-state index contributed by atoms with van der Waals surface area (Å²) in [6.07, 6.45) is 2.70. The van der Waals surface area contributed by atoms with E-state index in [4.69, 9.17) is 13.9 Å². The van der Waals surface area contributed by atoms with E-state index in [0.717, 1.165) is 31.2 Å². The molecule has 1 spiro atoms. The highest BCUT2D eigenvalue weighted by atomic mass is 28.4. The number of hydrogen-bond donors (Lipinski definition) is 0. The van der Waals surface area contributed by atoms with E-state index in [9.17, 15) is 9.59 Å². The van der Waals surface area contributed by atoms with Crippen LogP contribution in [0.15, 0.2) is 41.5 Å². The third-order valence-electron chi connectivity index (χ3n) is 9.04. The van der Waals surface area contributed by atoms with Crippen LogP contribution in [-0.2, 0) is 25.3 Å². The van der Waals surface area contributed by atoms with Crippen LogP contribution in [0.1, 0.15) is 58.9 Å². The molecular formula is C29H43NO5Si. The molecule has 2 amide bonds. The Hall–Kier alpha value is -1.96. The zero-order valence-corrected chi connectivity index (χ0v) is 23.9. The van der Waals surface area contributed by atoms with Gasteiger partial charge in [0, 0.05) is 19.1 Å². The Balaban J connectivity index is 1.62. The number of carbonyl (C=O) groups is 2. The van der Waals surface area contributed by atoms with Crippen LogP contribution >= 0.6 is 0 Å². The third kappa shape index (κ3) is 5.34. The summed E-state index contributed by atoms with van der Waals surface area (Å²) in [7, 11) is -2.03. The quantitative estimate of drug-likeness (QED) is 0.340. The van der Waals surface area contributed by atoms with Gasteiger partial charge in [-0.05, 0) is 66.4 Å². The van der Waals surface area contributed by atoms with E-state index in [2.05, 4.69) is 40.8 Å². The van der Waals surface area contributed by atoms with Gasteiger partial charge in [-0.2, -0.15) is 0 Å². The summed E-state index contributed by atoms with van der Waals surface area (Å²) in [6, 6.07) is 9.61. The van der Waals surface area contributed by atoms with Gasteiger partial charge in [0.1, 0.15) is 6.61 Å². The number of likely N-dealkylation sites (tertiary alicyclic amines) is 1. The molecule has 1 aliphatic carbocycles. The zero-order valence-electron chi connectivity index (χ0n) is 22.9. The normalized spacial score (nSPS) is 27.3. The van der Waals surface area contributed by atoms with Crippen molar-refractivity contribution in [1.82, 2.24) is 4.90 Å². The van der Waals surface area contributed by atoms with Gasteiger partial charge in [0.2, 0.25) is 5.91 Å². The molecule has 2 heterocycles. The van der Waals surface area contributed by atoms with Crippen molar-refractivity contribution < 1.29 is 23.5 Å². The van der Waals surface area contributed by atoms with Crippen LogP contribution < -0.4 is 0 Å². The van der Waals surface area contributed by atoms with Crippen LogP contribution in [0.25, 0.3) is 0 Å². The van der Waals surface area contributed by atoms with Crippen molar-refractivity contribution >= 4 is 20.3 Å². The van der Waals surface area contributed by atoms with E-state index >= 15 is 0 Å². The maximum atomic E-state index is 14.4. The molecule has 1 aromatic rings. The van der Waals surface area contributed by atoms with Gasteiger partial charge in [0.05, 0.1) is 18.6 Å². The molecule has 3 aliphatic rings. The highest BCUT2D eigenvalue weighted by molar-refractivity contribution is 6.74. The molecule has 7 heteroatoms. The molecule has 0 saturated carbocycles. The first-order chi connectivity index (χ1) is 16.9. The molecule has 36 heavy (non-hydrogen) atoms. The Morgan fingerprint density at radius 3 is 2.58 bits per heavy atom. The first-order valence-electron chi connectivity index (χ1n) is 13.4. The van der Waals surface area contributed by atoms with Crippen molar-refractivity contribution in [3.63, 3.8) is 0 Å². The highest BCUT2D eigenvalue weighted by Crippen LogP contribution is 2.52. The molecular weight excluding hydrogens is 470 g/mol. The maximum absolute atomic E-state index is 14.4. The second-order valence-corrected chi connectivity index (χ2v) is 17.3. The number of benzene rings is 1. The predicted molar refractivity (Wildman–Crippen MR) is 143 cm³/mol. The fourth-order valence-electron chi connectivity index (χ4n) is 5.58. The standard InChI is InChI=1S/C29H43NO5Si/c1-21-12-14-29(26(31)30(16-21)27(32)34-17-22-10-8-7-9-11-22)15-13-23-18-33-19-24(23)25(29)20-35-36(5,6)28(2,3)4/h7-11,21,25H,12-20H2,1-6H3/t21-,25+,29+/m1/s1. The zero-order chi connectivity index (χ0) is 26.1. The predicted octanol–water partition coefficient (Wildman–Crippen LogP) is 6.33. The molecule has 198 valence electrons. The fraction of sp³-hybridized carbons (Fsp3) is 0.655. The third-order valence-corrected chi connectivity index (χ3v) is 13.5. The van der Waals surface area contributed by atoms with Gasteiger partial charge in [0.15, 0.2) is 8.32 Å². The topological polar surface area (TPSA) is 65.1 Å². The first-order valence-corrected chi connectivity index (χ1v) is 16.3. The van der Waals surface area contributed by atoms with E-state index in [-0.39, 0.29) is 29.4 Å². The largest absolute Gasteiger partial charge is 0.444 e. The number of nitrogens with zero attached hydrogens (tertiary/aromatic N) is 1. The second-order valence-electron chi connectivity index (χ2n) is 12.5. The lowest BCUT2D eigenvalue weighted by Crippen LogP contribution is -2.53. The lowest BCUT2D eigenvalue weighted by Gasteiger charge is -2.46. The van der Waals surface area contributed by atoms with E-state index in [1.54, 1.807) is 0 Å². The number of imide groups is 1. The van der Waals surface area contributed by atoms with Crippen LogP contribution in [0, 0.1) is 17.3 Å². The summed E-state index contributed by atoms with van der Waals surface area (Å²) >= 11 is 0. The average Bonchev–Trinajstić information content (AvgIpc) is 3.27. The van der Waals surface area contributed by atoms with Crippen LogP contribution in [-0.4, -0.2) is 51.6 Å². The molecule has 2 aliphatic heterocycles. The van der Waals surface area contributed by atoms with Crippen molar-refractivity contribution in [2.75, 3.05) is 26.4 Å². The number of carbonyl (C=O) groups excluding carboxylic acids is 2. The molecule has 3 atom stereocenters. The second kappa shape index (κ2) is 10.4. The molecule has 0 unspecified atom stereocenters. The summed E-state index contributed by atoms with van der Waals surface area (Å²) in [6.45, 7) is 15.6. The average molecular weight is 514 g/mol. The lowest BCUT2D eigenvalue weighted by molar-refractivity contribution is -0.144. The fourth-order valence-corrected chi connectivity index (χ4v) is 6.60. The lowest BCUT2D eigenvalue weighted by atomic mass is 9.61. The Bertz CT molecular complexity index is 999. The van der Waals surface area contributed by atoms with Crippen molar-refractivity contribution in [1.29, 1.82) is 0 Å². The number of ether oxygens (including phenoxy) is 2. The van der Waals surface area contributed by atoms with Gasteiger partial charge in [0.25, 0.3) is 0 Å². The van der Waals surface area contributed by atoms with Crippen molar-refractivity contribution in [3.05, 3.63) is 47.0 Å². The molecule has 6 nitrogen and oxygen atoms in total. The molecule has 0 radical (unpaired) electrons. The number of rotatable bonds is 5. The monoisotopic (exact) mass is 513 g/mol. The van der Waals surface area contributed by atoms with Gasteiger partial charge >= 0.3 is 6.09 Å². The van der Waals surface area contributed by atoms with Crippen molar-refractivity contribution in [2.45, 2.75) is 78.1 Å².